The van der Waals surface area contributed by atoms with E-state index < -0.39 is 9.84 Å². The van der Waals surface area contributed by atoms with E-state index in [0.717, 1.165) is 5.33 Å². The second-order valence-corrected chi connectivity index (χ2v) is 7.38. The van der Waals surface area contributed by atoms with Crippen molar-refractivity contribution in [2.45, 2.75) is 18.7 Å². The SMILES string of the molecule is CC(C)C(CBr)COc1cccc(S(C)(=O)=O)c1. The van der Waals surface area contributed by atoms with Crippen molar-refractivity contribution in [3.8, 4) is 5.75 Å². The van der Waals surface area contributed by atoms with E-state index in [1.807, 2.05) is 0 Å². The molecule has 1 unspecified atom stereocenters. The van der Waals surface area contributed by atoms with Crippen LogP contribution in [0.25, 0.3) is 0 Å². The predicted molar refractivity (Wildman–Crippen MR) is 77.2 cm³/mol. The summed E-state index contributed by atoms with van der Waals surface area (Å²) in [7, 11) is -3.18. The number of alkyl halides is 1. The maximum atomic E-state index is 11.4. The molecule has 5 heteroatoms. The van der Waals surface area contributed by atoms with Gasteiger partial charge in [0.2, 0.25) is 0 Å². The Bertz CT molecular complexity index is 483. The lowest BCUT2D eigenvalue weighted by molar-refractivity contribution is 0.227. The quantitative estimate of drug-likeness (QED) is 0.750. The van der Waals surface area contributed by atoms with Gasteiger partial charge in [-0.2, -0.15) is 0 Å². The first-order valence-corrected chi connectivity index (χ1v) is 8.84. The molecule has 18 heavy (non-hydrogen) atoms. The van der Waals surface area contributed by atoms with E-state index in [0.29, 0.717) is 29.1 Å². The predicted octanol–water partition coefficient (Wildman–Crippen LogP) is 3.14. The Morgan fingerprint density at radius 3 is 2.50 bits per heavy atom. The molecular formula is C13H19BrO3S. The zero-order chi connectivity index (χ0) is 13.8. The van der Waals surface area contributed by atoms with Crippen molar-refractivity contribution >= 4 is 25.8 Å². The average molecular weight is 335 g/mol. The Labute approximate surface area is 118 Å². The van der Waals surface area contributed by atoms with Gasteiger partial charge in [0.25, 0.3) is 0 Å². The van der Waals surface area contributed by atoms with Crippen LogP contribution < -0.4 is 4.74 Å². The Hall–Kier alpha value is -0.550. The highest BCUT2D eigenvalue weighted by Crippen LogP contribution is 2.20. The molecular weight excluding hydrogens is 316 g/mol. The monoisotopic (exact) mass is 334 g/mol. The highest BCUT2D eigenvalue weighted by atomic mass is 79.9. The summed E-state index contributed by atoms with van der Waals surface area (Å²) in [5, 5.41) is 0.871. The van der Waals surface area contributed by atoms with Gasteiger partial charge < -0.3 is 4.74 Å². The molecule has 0 aliphatic heterocycles. The molecule has 0 radical (unpaired) electrons. The third kappa shape index (κ3) is 4.61. The lowest BCUT2D eigenvalue weighted by Gasteiger charge is -2.18. The Kier molecular flexibility index (Phi) is 5.66. The van der Waals surface area contributed by atoms with Crippen molar-refractivity contribution in [1.82, 2.24) is 0 Å². The minimum atomic E-state index is -3.18. The zero-order valence-electron chi connectivity index (χ0n) is 10.9. The number of benzene rings is 1. The summed E-state index contributed by atoms with van der Waals surface area (Å²) >= 11 is 3.46. The Balaban J connectivity index is 2.74. The summed E-state index contributed by atoms with van der Waals surface area (Å²) in [6.07, 6.45) is 1.20. The van der Waals surface area contributed by atoms with Crippen molar-refractivity contribution in [2.24, 2.45) is 11.8 Å². The van der Waals surface area contributed by atoms with Crippen LogP contribution in [0, 0.1) is 11.8 Å². The third-order valence-electron chi connectivity index (χ3n) is 2.84. The van der Waals surface area contributed by atoms with Crippen LogP contribution in [0.5, 0.6) is 5.75 Å². The fraction of sp³-hybridized carbons (Fsp3) is 0.538. The lowest BCUT2D eigenvalue weighted by Crippen LogP contribution is -2.19. The summed E-state index contributed by atoms with van der Waals surface area (Å²) in [6, 6.07) is 6.62. The first-order chi connectivity index (χ1) is 8.34. The molecule has 0 aliphatic carbocycles. The summed E-state index contributed by atoms with van der Waals surface area (Å²) in [5.74, 6) is 1.53. The molecule has 0 aliphatic rings. The largest absolute Gasteiger partial charge is 0.493 e. The summed E-state index contributed by atoms with van der Waals surface area (Å²) in [5.41, 5.74) is 0. The van der Waals surface area contributed by atoms with E-state index in [1.54, 1.807) is 24.3 Å². The van der Waals surface area contributed by atoms with E-state index in [2.05, 4.69) is 29.8 Å². The first kappa shape index (κ1) is 15.5. The normalized spacial score (nSPS) is 13.6. The van der Waals surface area contributed by atoms with E-state index in [9.17, 15) is 8.42 Å². The first-order valence-electron chi connectivity index (χ1n) is 5.83. The average Bonchev–Trinajstić information content (AvgIpc) is 2.28. The molecule has 0 aromatic heterocycles. The molecule has 102 valence electrons. The zero-order valence-corrected chi connectivity index (χ0v) is 13.3. The lowest BCUT2D eigenvalue weighted by atomic mass is 9.99. The van der Waals surface area contributed by atoms with Crippen LogP contribution in [-0.2, 0) is 9.84 Å². The number of ether oxygens (including phenoxy) is 1. The number of hydrogen-bond donors (Lipinski definition) is 0. The van der Waals surface area contributed by atoms with Crippen LogP contribution >= 0.6 is 15.9 Å². The van der Waals surface area contributed by atoms with Gasteiger partial charge >= 0.3 is 0 Å². The van der Waals surface area contributed by atoms with Gasteiger partial charge in [0.1, 0.15) is 5.75 Å². The maximum Gasteiger partial charge on any atom is 0.175 e. The van der Waals surface area contributed by atoms with E-state index in [-0.39, 0.29) is 0 Å². The third-order valence-corrected chi connectivity index (χ3v) is 4.78. The molecule has 0 heterocycles. The molecule has 3 nitrogen and oxygen atoms in total. The van der Waals surface area contributed by atoms with Gasteiger partial charge in [-0.3, -0.25) is 0 Å². The molecule has 0 saturated heterocycles. The molecule has 0 bridgehead atoms. The van der Waals surface area contributed by atoms with Crippen LogP contribution in [0.15, 0.2) is 29.2 Å². The Morgan fingerprint density at radius 1 is 1.33 bits per heavy atom. The van der Waals surface area contributed by atoms with E-state index >= 15 is 0 Å². The number of hydrogen-bond acceptors (Lipinski definition) is 3. The summed E-state index contributed by atoms with van der Waals surface area (Å²) in [6.45, 7) is 4.86. The highest BCUT2D eigenvalue weighted by Gasteiger charge is 2.13. The van der Waals surface area contributed by atoms with E-state index in [4.69, 9.17) is 4.74 Å². The van der Waals surface area contributed by atoms with E-state index in [1.165, 1.54) is 6.26 Å². The second-order valence-electron chi connectivity index (χ2n) is 4.72. The van der Waals surface area contributed by atoms with Crippen molar-refractivity contribution in [1.29, 1.82) is 0 Å². The van der Waals surface area contributed by atoms with Gasteiger partial charge in [0.15, 0.2) is 9.84 Å². The van der Waals surface area contributed by atoms with Crippen molar-refractivity contribution < 1.29 is 13.2 Å². The molecule has 1 aromatic carbocycles. The number of sulfone groups is 1. The number of rotatable bonds is 6. The van der Waals surface area contributed by atoms with Crippen LogP contribution in [0.1, 0.15) is 13.8 Å². The minimum absolute atomic E-state index is 0.292. The molecule has 1 rings (SSSR count). The van der Waals surface area contributed by atoms with Gasteiger partial charge in [-0.1, -0.05) is 35.8 Å². The Morgan fingerprint density at radius 2 is 2.00 bits per heavy atom. The molecule has 0 amide bonds. The fourth-order valence-corrected chi connectivity index (χ4v) is 3.00. The van der Waals surface area contributed by atoms with Crippen LogP contribution in [0.4, 0.5) is 0 Å². The topological polar surface area (TPSA) is 43.4 Å². The molecule has 0 saturated carbocycles. The number of halogens is 1. The summed E-state index contributed by atoms with van der Waals surface area (Å²) < 4.78 is 28.5. The minimum Gasteiger partial charge on any atom is -0.493 e. The van der Waals surface area contributed by atoms with Crippen LogP contribution in [0.2, 0.25) is 0 Å². The van der Waals surface area contributed by atoms with Crippen LogP contribution in [0.3, 0.4) is 0 Å². The van der Waals surface area contributed by atoms with Crippen LogP contribution in [-0.4, -0.2) is 26.6 Å². The fourth-order valence-electron chi connectivity index (χ4n) is 1.41. The van der Waals surface area contributed by atoms with Gasteiger partial charge in [-0.25, -0.2) is 8.42 Å². The van der Waals surface area contributed by atoms with Crippen molar-refractivity contribution in [3.05, 3.63) is 24.3 Å². The van der Waals surface area contributed by atoms with Gasteiger partial charge in [0, 0.05) is 17.5 Å². The van der Waals surface area contributed by atoms with Crippen molar-refractivity contribution in [3.63, 3.8) is 0 Å². The van der Waals surface area contributed by atoms with Gasteiger partial charge in [-0.05, 0) is 24.1 Å². The van der Waals surface area contributed by atoms with Gasteiger partial charge in [0.05, 0.1) is 11.5 Å². The second kappa shape index (κ2) is 6.57. The smallest absolute Gasteiger partial charge is 0.175 e. The molecule has 1 atom stereocenters. The molecule has 0 N–H and O–H groups in total. The molecule has 1 aromatic rings. The summed E-state index contributed by atoms with van der Waals surface area (Å²) in [4.78, 5) is 0.292. The molecule has 0 fully saturated rings. The standard InChI is InChI=1S/C13H19BrO3S/c1-10(2)11(8-14)9-17-12-5-4-6-13(7-12)18(3,15)16/h4-7,10-11H,8-9H2,1-3H3. The maximum absolute atomic E-state index is 11.4. The van der Waals surface area contributed by atoms with Crippen molar-refractivity contribution in [2.75, 3.05) is 18.2 Å². The highest BCUT2D eigenvalue weighted by molar-refractivity contribution is 9.09. The van der Waals surface area contributed by atoms with Gasteiger partial charge in [-0.15, -0.1) is 0 Å². The molecule has 0 spiro atoms.